The van der Waals surface area contributed by atoms with Crippen LogP contribution in [-0.4, -0.2) is 53.3 Å². The van der Waals surface area contributed by atoms with Crippen LogP contribution in [0.2, 0.25) is 0 Å². The fourth-order valence-electron chi connectivity index (χ4n) is 3.98. The topological polar surface area (TPSA) is 41.7 Å². The van der Waals surface area contributed by atoms with E-state index in [1.165, 1.54) is 11.6 Å². The van der Waals surface area contributed by atoms with E-state index in [4.69, 9.17) is 9.26 Å². The minimum absolute atomic E-state index is 0.176. The van der Waals surface area contributed by atoms with Gasteiger partial charge in [0.1, 0.15) is 11.6 Å². The molecule has 3 heterocycles. The predicted molar refractivity (Wildman–Crippen MR) is 91.6 cm³/mol. The molecule has 2 aromatic rings. The Morgan fingerprint density at radius 3 is 2.88 bits per heavy atom. The Kier molecular flexibility index (Phi) is 4.58. The summed E-state index contributed by atoms with van der Waals surface area (Å²) >= 11 is 0. The summed E-state index contributed by atoms with van der Waals surface area (Å²) in [5.41, 5.74) is 3.16. The van der Waals surface area contributed by atoms with Crippen molar-refractivity contribution in [2.45, 2.75) is 39.1 Å². The average molecular weight is 345 g/mol. The van der Waals surface area contributed by atoms with Crippen LogP contribution in [0.5, 0.6) is 0 Å². The SMILES string of the molecule is Cc1noc(C)c1CN1CCO[C@H]2CN(Cc3cccc(F)c3)C[C@H]21. The maximum atomic E-state index is 13.4. The minimum Gasteiger partial charge on any atom is -0.374 e. The Morgan fingerprint density at radius 2 is 2.12 bits per heavy atom. The molecule has 2 aliphatic heterocycles. The van der Waals surface area contributed by atoms with Gasteiger partial charge in [-0.1, -0.05) is 17.3 Å². The van der Waals surface area contributed by atoms with E-state index in [1.54, 1.807) is 12.1 Å². The number of halogens is 1. The molecule has 25 heavy (non-hydrogen) atoms. The van der Waals surface area contributed by atoms with Crippen molar-refractivity contribution in [3.63, 3.8) is 0 Å². The van der Waals surface area contributed by atoms with E-state index in [9.17, 15) is 4.39 Å². The van der Waals surface area contributed by atoms with Gasteiger partial charge in [0.05, 0.1) is 24.4 Å². The highest BCUT2D eigenvalue weighted by atomic mass is 19.1. The van der Waals surface area contributed by atoms with E-state index < -0.39 is 0 Å². The number of morpholine rings is 1. The number of aromatic nitrogens is 1. The summed E-state index contributed by atoms with van der Waals surface area (Å²) in [6.45, 7) is 9.06. The maximum absolute atomic E-state index is 13.4. The van der Waals surface area contributed by atoms with Crippen molar-refractivity contribution in [2.75, 3.05) is 26.2 Å². The van der Waals surface area contributed by atoms with Crippen LogP contribution < -0.4 is 0 Å². The van der Waals surface area contributed by atoms with Crippen molar-refractivity contribution in [1.29, 1.82) is 0 Å². The Labute approximate surface area is 147 Å². The van der Waals surface area contributed by atoms with Crippen molar-refractivity contribution in [3.05, 3.63) is 52.7 Å². The lowest BCUT2D eigenvalue weighted by Crippen LogP contribution is -2.50. The van der Waals surface area contributed by atoms with Gasteiger partial charge < -0.3 is 9.26 Å². The molecule has 2 atom stereocenters. The van der Waals surface area contributed by atoms with Gasteiger partial charge in [0.2, 0.25) is 0 Å². The standard InChI is InChI=1S/C19H24FN3O2/c1-13-17(14(2)25-21-13)10-23-6-7-24-19-12-22(11-18(19)23)9-15-4-3-5-16(20)8-15/h3-5,8,18-19H,6-7,9-12H2,1-2H3/t18-,19+/m1/s1. The molecular formula is C19H24FN3O2. The Balaban J connectivity index is 1.45. The number of nitrogens with zero attached hydrogens (tertiary/aromatic N) is 3. The minimum atomic E-state index is -0.176. The van der Waals surface area contributed by atoms with E-state index in [-0.39, 0.29) is 11.9 Å². The second-order valence-electron chi connectivity index (χ2n) is 7.07. The van der Waals surface area contributed by atoms with Crippen LogP contribution in [0.3, 0.4) is 0 Å². The van der Waals surface area contributed by atoms with Gasteiger partial charge in [-0.05, 0) is 31.5 Å². The van der Waals surface area contributed by atoms with Crippen molar-refractivity contribution in [2.24, 2.45) is 0 Å². The molecule has 0 bridgehead atoms. The molecule has 5 nitrogen and oxygen atoms in total. The second-order valence-corrected chi connectivity index (χ2v) is 7.07. The maximum Gasteiger partial charge on any atom is 0.138 e. The molecule has 4 rings (SSSR count). The van der Waals surface area contributed by atoms with E-state index in [1.807, 2.05) is 19.9 Å². The first kappa shape index (κ1) is 16.7. The zero-order valence-electron chi connectivity index (χ0n) is 14.7. The number of benzene rings is 1. The van der Waals surface area contributed by atoms with E-state index in [0.29, 0.717) is 6.04 Å². The zero-order chi connectivity index (χ0) is 17.4. The molecule has 0 unspecified atom stereocenters. The van der Waals surface area contributed by atoms with E-state index >= 15 is 0 Å². The molecule has 0 spiro atoms. The summed E-state index contributed by atoms with van der Waals surface area (Å²) in [6, 6.07) is 7.21. The Hall–Kier alpha value is -1.76. The highest BCUT2D eigenvalue weighted by Crippen LogP contribution is 2.27. The highest BCUT2D eigenvalue weighted by molar-refractivity contribution is 5.21. The lowest BCUT2D eigenvalue weighted by molar-refractivity contribution is -0.0506. The van der Waals surface area contributed by atoms with Crippen LogP contribution >= 0.6 is 0 Å². The molecular weight excluding hydrogens is 321 g/mol. The van der Waals surface area contributed by atoms with Gasteiger partial charge in [0.25, 0.3) is 0 Å². The molecule has 0 saturated carbocycles. The van der Waals surface area contributed by atoms with Crippen LogP contribution in [-0.2, 0) is 17.8 Å². The third-order valence-electron chi connectivity index (χ3n) is 5.33. The van der Waals surface area contributed by atoms with E-state index in [0.717, 1.165) is 56.3 Å². The summed E-state index contributed by atoms with van der Waals surface area (Å²) in [6.07, 6.45) is 0.211. The number of hydrogen-bond donors (Lipinski definition) is 0. The quantitative estimate of drug-likeness (QED) is 0.852. The summed E-state index contributed by atoms with van der Waals surface area (Å²) < 4.78 is 24.7. The first-order chi connectivity index (χ1) is 12.1. The van der Waals surface area contributed by atoms with Gasteiger partial charge in [-0.15, -0.1) is 0 Å². The first-order valence-electron chi connectivity index (χ1n) is 8.84. The van der Waals surface area contributed by atoms with Gasteiger partial charge >= 0.3 is 0 Å². The average Bonchev–Trinajstić information content (AvgIpc) is 3.13. The third kappa shape index (κ3) is 3.47. The lowest BCUT2D eigenvalue weighted by Gasteiger charge is -2.36. The third-order valence-corrected chi connectivity index (χ3v) is 5.33. The van der Waals surface area contributed by atoms with Gasteiger partial charge in [0.15, 0.2) is 0 Å². The Bertz CT molecular complexity index is 729. The molecule has 2 aliphatic rings. The largest absolute Gasteiger partial charge is 0.374 e. The van der Waals surface area contributed by atoms with E-state index in [2.05, 4.69) is 15.0 Å². The van der Waals surface area contributed by atoms with Crippen LogP contribution in [0.4, 0.5) is 4.39 Å². The van der Waals surface area contributed by atoms with Gasteiger partial charge in [0, 0.05) is 38.3 Å². The molecule has 6 heteroatoms. The molecule has 2 saturated heterocycles. The molecule has 0 amide bonds. The fourth-order valence-corrected chi connectivity index (χ4v) is 3.98. The summed E-state index contributed by atoms with van der Waals surface area (Å²) in [7, 11) is 0. The first-order valence-corrected chi connectivity index (χ1v) is 8.84. The normalized spacial score (nSPS) is 24.6. The van der Waals surface area contributed by atoms with Crippen molar-refractivity contribution in [3.8, 4) is 0 Å². The molecule has 0 N–H and O–H groups in total. The molecule has 1 aromatic carbocycles. The number of likely N-dealkylation sites (tertiary alicyclic amines) is 1. The monoisotopic (exact) mass is 345 g/mol. The van der Waals surface area contributed by atoms with Crippen molar-refractivity contribution in [1.82, 2.24) is 15.0 Å². The Morgan fingerprint density at radius 1 is 1.24 bits per heavy atom. The van der Waals surface area contributed by atoms with Crippen LogP contribution in [0, 0.1) is 19.7 Å². The molecule has 134 valence electrons. The number of fused-ring (bicyclic) bond motifs is 1. The number of ether oxygens (including phenoxy) is 1. The summed E-state index contributed by atoms with van der Waals surface area (Å²) in [5, 5.41) is 4.07. The zero-order valence-corrected chi connectivity index (χ0v) is 14.7. The van der Waals surface area contributed by atoms with Crippen LogP contribution in [0.25, 0.3) is 0 Å². The molecule has 0 radical (unpaired) electrons. The number of hydrogen-bond acceptors (Lipinski definition) is 5. The van der Waals surface area contributed by atoms with Crippen molar-refractivity contribution < 1.29 is 13.7 Å². The fraction of sp³-hybridized carbons (Fsp3) is 0.526. The van der Waals surface area contributed by atoms with Gasteiger partial charge in [-0.3, -0.25) is 9.80 Å². The van der Waals surface area contributed by atoms with Crippen LogP contribution in [0.1, 0.15) is 22.6 Å². The summed E-state index contributed by atoms with van der Waals surface area (Å²) in [5.74, 6) is 0.723. The predicted octanol–water partition coefficient (Wildman–Crippen LogP) is 2.52. The molecule has 2 fully saturated rings. The highest BCUT2D eigenvalue weighted by Gasteiger charge is 2.40. The van der Waals surface area contributed by atoms with Gasteiger partial charge in [-0.2, -0.15) is 0 Å². The summed E-state index contributed by atoms with van der Waals surface area (Å²) in [4.78, 5) is 4.84. The smallest absolute Gasteiger partial charge is 0.138 e. The van der Waals surface area contributed by atoms with Gasteiger partial charge in [-0.25, -0.2) is 4.39 Å². The second kappa shape index (κ2) is 6.86. The molecule has 1 aromatic heterocycles. The molecule has 0 aliphatic carbocycles. The number of aryl methyl sites for hydroxylation is 2. The number of rotatable bonds is 4. The van der Waals surface area contributed by atoms with Crippen LogP contribution in [0.15, 0.2) is 28.8 Å². The van der Waals surface area contributed by atoms with Crippen molar-refractivity contribution >= 4 is 0 Å². The lowest BCUT2D eigenvalue weighted by atomic mass is 10.1.